The third-order valence-electron chi connectivity index (χ3n) is 10.1. The van der Waals surface area contributed by atoms with E-state index in [0.29, 0.717) is 17.5 Å². The van der Waals surface area contributed by atoms with E-state index in [-0.39, 0.29) is 10.8 Å². The Labute approximate surface area is 258 Å². The van der Waals surface area contributed by atoms with Crippen molar-refractivity contribution < 1.29 is 27.8 Å². The summed E-state index contributed by atoms with van der Waals surface area (Å²) >= 11 is 0. The molecule has 2 bridgehead atoms. The maximum absolute atomic E-state index is 14.1. The van der Waals surface area contributed by atoms with Crippen LogP contribution in [0.2, 0.25) is 0 Å². The fourth-order valence-corrected chi connectivity index (χ4v) is 9.74. The van der Waals surface area contributed by atoms with Crippen molar-refractivity contribution in [3.63, 3.8) is 0 Å². The maximum atomic E-state index is 14.1. The predicted octanol–water partition coefficient (Wildman–Crippen LogP) is 4.95. The molecule has 5 heterocycles. The molecule has 0 saturated carbocycles. The van der Waals surface area contributed by atoms with E-state index in [1.54, 1.807) is 44.5 Å². The van der Waals surface area contributed by atoms with Gasteiger partial charge in [-0.25, -0.2) is 8.42 Å². The zero-order valence-corrected chi connectivity index (χ0v) is 25.6. The molecule has 0 radical (unpaired) electrons. The van der Waals surface area contributed by atoms with Crippen LogP contribution in [0.15, 0.2) is 83.8 Å². The summed E-state index contributed by atoms with van der Waals surface area (Å²) in [5.41, 5.74) is 3.08. The van der Waals surface area contributed by atoms with Gasteiger partial charge in [0.1, 0.15) is 12.3 Å². The molecule has 45 heavy (non-hydrogen) atoms. The number of ether oxygens (including phenoxy) is 2. The Balaban J connectivity index is 1.44. The smallest absolute Gasteiger partial charge is 0.254 e. The molecule has 1 fully saturated rings. The summed E-state index contributed by atoms with van der Waals surface area (Å²) in [6, 6.07) is 23.5. The van der Waals surface area contributed by atoms with E-state index in [1.165, 1.54) is 4.31 Å². The van der Waals surface area contributed by atoms with E-state index in [9.17, 15) is 18.3 Å². The van der Waals surface area contributed by atoms with Crippen molar-refractivity contribution in [2.45, 2.75) is 48.6 Å². The Hall–Kier alpha value is -4.26. The number of amides is 1. The molecule has 228 valence electrons. The molecule has 4 aromatic carbocycles. The fraction of sp³-hybridized carbons (Fsp3) is 0.265. The number of hydrogen-bond donors (Lipinski definition) is 2. The van der Waals surface area contributed by atoms with Gasteiger partial charge in [-0.05, 0) is 31.2 Å². The lowest BCUT2D eigenvalue weighted by molar-refractivity contribution is -0.262. The number of sulfonamides is 1. The highest BCUT2D eigenvalue weighted by atomic mass is 32.2. The van der Waals surface area contributed by atoms with E-state index in [0.717, 1.165) is 43.6 Å². The second-order valence-electron chi connectivity index (χ2n) is 12.3. The number of nitrogens with one attached hydrogen (secondary N) is 1. The lowest BCUT2D eigenvalue weighted by Gasteiger charge is -2.50. The first-order valence-corrected chi connectivity index (χ1v) is 16.4. The summed E-state index contributed by atoms with van der Waals surface area (Å²) in [6.45, 7) is 1.95. The van der Waals surface area contributed by atoms with Crippen LogP contribution < -0.4 is 5.32 Å². The number of hydrogen-bond acceptors (Lipinski definition) is 6. The summed E-state index contributed by atoms with van der Waals surface area (Å²) < 4.78 is 47.2. The van der Waals surface area contributed by atoms with Crippen molar-refractivity contribution in [3.8, 4) is 0 Å². The Morgan fingerprint density at radius 3 is 2.31 bits per heavy atom. The van der Waals surface area contributed by atoms with Crippen LogP contribution in [0, 0.1) is 0 Å². The van der Waals surface area contributed by atoms with Gasteiger partial charge in [-0.15, -0.1) is 0 Å². The number of para-hydroxylation sites is 2. The summed E-state index contributed by atoms with van der Waals surface area (Å²) in [6.07, 6.45) is -2.25. The third-order valence-corrected chi connectivity index (χ3v) is 12.0. The van der Waals surface area contributed by atoms with Crippen LogP contribution in [0.5, 0.6) is 0 Å². The second-order valence-corrected chi connectivity index (χ2v) is 14.3. The molecule has 11 heteroatoms. The summed E-state index contributed by atoms with van der Waals surface area (Å²) in [4.78, 5) is 13.8. The molecular weight excluding hydrogens is 592 g/mol. The van der Waals surface area contributed by atoms with Crippen LogP contribution in [0.25, 0.3) is 43.6 Å². The van der Waals surface area contributed by atoms with Gasteiger partial charge in [0.2, 0.25) is 10.0 Å². The van der Waals surface area contributed by atoms with Gasteiger partial charge in [0, 0.05) is 47.7 Å². The van der Waals surface area contributed by atoms with E-state index in [4.69, 9.17) is 9.47 Å². The lowest BCUT2D eigenvalue weighted by Crippen LogP contribution is -2.61. The Bertz CT molecular complexity index is 2360. The van der Waals surface area contributed by atoms with Crippen LogP contribution in [-0.4, -0.2) is 59.2 Å². The van der Waals surface area contributed by atoms with Gasteiger partial charge in [-0.2, -0.15) is 4.31 Å². The topological polar surface area (TPSA) is 115 Å². The normalized spacial score (nSPS) is 25.9. The molecule has 3 aliphatic heterocycles. The number of aliphatic hydroxyl groups excluding tert-OH is 1. The van der Waals surface area contributed by atoms with E-state index < -0.39 is 40.3 Å². The molecule has 1 saturated heterocycles. The molecule has 0 unspecified atom stereocenters. The molecular formula is C34H30N4O6S. The average molecular weight is 623 g/mol. The minimum Gasteiger partial charge on any atom is -0.375 e. The first-order valence-electron chi connectivity index (χ1n) is 14.9. The summed E-state index contributed by atoms with van der Waals surface area (Å²) in [5, 5.41) is 17.3. The van der Waals surface area contributed by atoms with Gasteiger partial charge in [0.25, 0.3) is 5.91 Å². The van der Waals surface area contributed by atoms with Crippen LogP contribution in [0.4, 0.5) is 0 Å². The number of fused-ring (bicyclic) bond motifs is 13. The molecule has 0 aliphatic carbocycles. The van der Waals surface area contributed by atoms with Gasteiger partial charge in [-0.3, -0.25) is 4.79 Å². The van der Waals surface area contributed by atoms with E-state index >= 15 is 0 Å². The van der Waals surface area contributed by atoms with Crippen LogP contribution in [0.3, 0.4) is 0 Å². The van der Waals surface area contributed by atoms with Crippen LogP contribution in [-0.2, 0) is 25.2 Å². The van der Waals surface area contributed by atoms with Gasteiger partial charge in [0.15, 0.2) is 12.0 Å². The van der Waals surface area contributed by atoms with Gasteiger partial charge < -0.3 is 29.0 Å². The van der Waals surface area contributed by atoms with Crippen molar-refractivity contribution >= 4 is 59.5 Å². The summed E-state index contributed by atoms with van der Waals surface area (Å²) in [7, 11) is -0.717. The van der Waals surface area contributed by atoms with Crippen molar-refractivity contribution in [2.24, 2.45) is 0 Å². The highest BCUT2D eigenvalue weighted by Crippen LogP contribution is 2.55. The van der Waals surface area contributed by atoms with E-state index in [2.05, 4.69) is 14.5 Å². The molecule has 0 spiro atoms. The molecule has 6 aromatic rings. The molecule has 10 nitrogen and oxygen atoms in total. The fourth-order valence-electron chi connectivity index (χ4n) is 8.35. The standard InChI is InChI=1S/C34H30N4O6S/c1-34-31(43-3)23(36(2)45(41,42)18-11-5-4-6-12-18)17-24(44-34)37-21-15-9-7-13-19(21)25-27-28(33(40)35-32(27)39)26-20-14-8-10-16-22(20)38(34)30(26)29(25)37/h4-16,23-24,31,33,40H,17H2,1-3H3,(H,35,39)/t23-,24-,31-,33-,34+/m1/s1. The SMILES string of the molecule is CO[C@@H]1[C@H](N(C)S(=O)(=O)c2ccccc2)C[C@H]2O[C@]1(C)n1c3ccccc3c3c4c(c5c6ccccc6n2c5c31)C(=O)N[C@@H]4O. The molecule has 1 amide bonds. The summed E-state index contributed by atoms with van der Waals surface area (Å²) in [5.74, 6) is -0.334. The number of likely N-dealkylation sites (N-methyl/N-ethyl adjacent to an activating group) is 1. The third kappa shape index (κ3) is 3.21. The van der Waals surface area contributed by atoms with Crippen LogP contribution in [0.1, 0.15) is 41.7 Å². The largest absolute Gasteiger partial charge is 0.375 e. The lowest BCUT2D eigenvalue weighted by atomic mass is 9.93. The number of aromatic nitrogens is 2. The first-order chi connectivity index (χ1) is 21.7. The quantitative estimate of drug-likeness (QED) is 0.288. The molecule has 2 aromatic heterocycles. The number of benzene rings is 4. The number of aliphatic hydroxyl groups is 1. The highest BCUT2D eigenvalue weighted by Gasteiger charge is 2.56. The zero-order chi connectivity index (χ0) is 31.0. The Morgan fingerprint density at radius 2 is 1.60 bits per heavy atom. The maximum Gasteiger partial charge on any atom is 0.254 e. The second kappa shape index (κ2) is 8.93. The molecule has 2 N–H and O–H groups in total. The van der Waals surface area contributed by atoms with Crippen LogP contribution >= 0.6 is 0 Å². The van der Waals surface area contributed by atoms with Gasteiger partial charge in [-0.1, -0.05) is 54.6 Å². The van der Waals surface area contributed by atoms with Gasteiger partial charge >= 0.3 is 0 Å². The number of methoxy groups -OCH3 is 1. The predicted molar refractivity (Wildman–Crippen MR) is 169 cm³/mol. The number of rotatable bonds is 4. The van der Waals surface area contributed by atoms with Crippen molar-refractivity contribution in [1.29, 1.82) is 0 Å². The monoisotopic (exact) mass is 622 g/mol. The Kier molecular flexibility index (Phi) is 5.37. The number of nitrogens with zero attached hydrogens (tertiary/aromatic N) is 3. The highest BCUT2D eigenvalue weighted by molar-refractivity contribution is 7.89. The minimum absolute atomic E-state index is 0.198. The number of carbonyl (C=O) groups is 1. The average Bonchev–Trinajstić information content (AvgIpc) is 3.65. The minimum atomic E-state index is -3.91. The molecule has 9 rings (SSSR count). The van der Waals surface area contributed by atoms with Gasteiger partial charge in [0.05, 0.1) is 38.6 Å². The molecule has 3 aliphatic rings. The molecule has 5 atom stereocenters. The Morgan fingerprint density at radius 1 is 0.956 bits per heavy atom. The van der Waals surface area contributed by atoms with Crippen molar-refractivity contribution in [2.75, 3.05) is 14.2 Å². The zero-order valence-electron chi connectivity index (χ0n) is 24.8. The van der Waals surface area contributed by atoms with E-state index in [1.807, 2.05) is 55.5 Å². The van der Waals surface area contributed by atoms with Crippen molar-refractivity contribution in [3.05, 3.63) is 90.0 Å². The number of carbonyl (C=O) groups excluding carboxylic acids is 1. The first kappa shape index (κ1) is 27.1. The van der Waals surface area contributed by atoms with Crippen molar-refractivity contribution in [1.82, 2.24) is 18.8 Å².